The van der Waals surface area contributed by atoms with Crippen LogP contribution in [0.2, 0.25) is 0 Å². The molecule has 0 amide bonds. The van der Waals surface area contributed by atoms with Crippen LogP contribution in [0.4, 0.5) is 0 Å². The fourth-order valence-corrected chi connectivity index (χ4v) is 9.73. The first-order valence-corrected chi connectivity index (χ1v) is 20.4. The lowest BCUT2D eigenvalue weighted by Crippen LogP contribution is -2.11. The van der Waals surface area contributed by atoms with E-state index < -0.39 is 0 Å². The molecule has 57 heavy (non-hydrogen) atoms. The zero-order valence-corrected chi connectivity index (χ0v) is 32.3. The molecular formula is C54H43N3. The minimum Gasteiger partial charge on any atom is -0.337 e. The summed E-state index contributed by atoms with van der Waals surface area (Å²) in [7, 11) is 0. The maximum Gasteiger partial charge on any atom is 0.0541 e. The molecule has 11 rings (SSSR count). The molecule has 0 saturated heterocycles. The van der Waals surface area contributed by atoms with Gasteiger partial charge in [0.15, 0.2) is 0 Å². The van der Waals surface area contributed by atoms with Gasteiger partial charge in [-0.1, -0.05) is 135 Å². The van der Waals surface area contributed by atoms with E-state index in [1.54, 1.807) is 0 Å². The highest BCUT2D eigenvalue weighted by Gasteiger charge is 2.21. The minimum absolute atomic E-state index is 0.391. The summed E-state index contributed by atoms with van der Waals surface area (Å²) < 4.78 is 7.41. The molecule has 0 aliphatic rings. The Hall–Kier alpha value is -6.84. The summed E-state index contributed by atoms with van der Waals surface area (Å²) in [6.45, 7) is 4.75. The van der Waals surface area contributed by atoms with Crippen molar-refractivity contribution in [3.05, 3.63) is 194 Å². The average molecular weight is 734 g/mol. The van der Waals surface area contributed by atoms with E-state index in [4.69, 9.17) is 0 Å². The van der Waals surface area contributed by atoms with Gasteiger partial charge in [0.05, 0.1) is 22.1 Å². The standard InChI is InChI=1S/C54H43N3/c1-3-40(55-49-19-9-4-14-43(49)44-15-5-10-20-50(44)55)34-36(2)39-28-33-54-48(35-39)47-18-8-13-23-53(47)57(54)42-31-26-38(27-32-42)37-24-29-41(30-25-37)56-51-21-11-6-16-45(51)46-17-7-12-22-52(46)56/h4-33,35-36,40H,3,34H2,1-2H3. The molecule has 3 heterocycles. The van der Waals surface area contributed by atoms with E-state index in [2.05, 4.69) is 216 Å². The topological polar surface area (TPSA) is 14.8 Å². The van der Waals surface area contributed by atoms with Gasteiger partial charge in [-0.15, -0.1) is 0 Å². The first kappa shape index (κ1) is 33.5. The second-order valence-corrected chi connectivity index (χ2v) is 15.7. The molecule has 0 aliphatic heterocycles. The zero-order valence-electron chi connectivity index (χ0n) is 32.3. The van der Waals surface area contributed by atoms with Crippen molar-refractivity contribution in [2.24, 2.45) is 0 Å². The molecule has 11 aromatic rings. The third-order valence-electron chi connectivity index (χ3n) is 12.5. The van der Waals surface area contributed by atoms with Gasteiger partial charge in [0, 0.05) is 60.8 Å². The Bertz CT molecular complexity index is 3160. The lowest BCUT2D eigenvalue weighted by molar-refractivity contribution is 0.441. The Balaban J connectivity index is 0.912. The van der Waals surface area contributed by atoms with Crippen LogP contribution in [-0.2, 0) is 0 Å². The monoisotopic (exact) mass is 733 g/mol. The van der Waals surface area contributed by atoms with E-state index in [1.807, 2.05) is 0 Å². The molecule has 274 valence electrons. The largest absolute Gasteiger partial charge is 0.337 e. The summed E-state index contributed by atoms with van der Waals surface area (Å²) in [5.74, 6) is 0.391. The van der Waals surface area contributed by atoms with Crippen molar-refractivity contribution in [1.29, 1.82) is 0 Å². The third-order valence-corrected chi connectivity index (χ3v) is 12.5. The summed E-state index contributed by atoms with van der Waals surface area (Å²) in [4.78, 5) is 0. The molecule has 0 aliphatic carbocycles. The number of fused-ring (bicyclic) bond motifs is 9. The molecule has 0 N–H and O–H groups in total. The van der Waals surface area contributed by atoms with E-state index >= 15 is 0 Å². The summed E-state index contributed by atoms with van der Waals surface area (Å²) in [6, 6.07) is 69.7. The number of hydrogen-bond acceptors (Lipinski definition) is 0. The fourth-order valence-electron chi connectivity index (χ4n) is 9.73. The molecule has 0 spiro atoms. The van der Waals surface area contributed by atoms with E-state index in [0.29, 0.717) is 12.0 Å². The summed E-state index contributed by atoms with van der Waals surface area (Å²) in [6.07, 6.45) is 2.15. The Labute approximate surface area is 332 Å². The smallest absolute Gasteiger partial charge is 0.0541 e. The summed E-state index contributed by atoms with van der Waals surface area (Å²) in [5, 5.41) is 7.85. The fraction of sp³-hybridized carbons (Fsp3) is 0.111. The van der Waals surface area contributed by atoms with Crippen LogP contribution in [0.15, 0.2) is 188 Å². The molecule has 8 aromatic carbocycles. The van der Waals surface area contributed by atoms with Crippen molar-refractivity contribution in [3.63, 3.8) is 0 Å². The second-order valence-electron chi connectivity index (χ2n) is 15.7. The third kappa shape index (κ3) is 5.33. The van der Waals surface area contributed by atoms with Gasteiger partial charge in [-0.05, 0) is 102 Å². The van der Waals surface area contributed by atoms with Crippen LogP contribution < -0.4 is 0 Å². The molecule has 3 nitrogen and oxygen atoms in total. The van der Waals surface area contributed by atoms with Gasteiger partial charge in [-0.3, -0.25) is 0 Å². The van der Waals surface area contributed by atoms with E-state index in [-0.39, 0.29) is 0 Å². The van der Waals surface area contributed by atoms with Gasteiger partial charge < -0.3 is 13.7 Å². The number of para-hydroxylation sites is 5. The van der Waals surface area contributed by atoms with Gasteiger partial charge in [0.1, 0.15) is 0 Å². The Morgan fingerprint density at radius 2 is 0.754 bits per heavy atom. The molecular weight excluding hydrogens is 691 g/mol. The lowest BCUT2D eigenvalue weighted by atomic mass is 9.91. The number of benzene rings is 8. The first-order chi connectivity index (χ1) is 28.2. The first-order valence-electron chi connectivity index (χ1n) is 20.4. The zero-order chi connectivity index (χ0) is 38.0. The average Bonchev–Trinajstić information content (AvgIpc) is 3.91. The van der Waals surface area contributed by atoms with E-state index in [9.17, 15) is 0 Å². The normalized spacial score (nSPS) is 13.1. The van der Waals surface area contributed by atoms with Gasteiger partial charge in [-0.25, -0.2) is 0 Å². The summed E-state index contributed by atoms with van der Waals surface area (Å²) >= 11 is 0. The highest BCUT2D eigenvalue weighted by Crippen LogP contribution is 2.40. The quantitative estimate of drug-likeness (QED) is 0.148. The minimum atomic E-state index is 0.391. The molecule has 3 aromatic heterocycles. The van der Waals surface area contributed by atoms with Crippen molar-refractivity contribution >= 4 is 65.4 Å². The van der Waals surface area contributed by atoms with Crippen LogP contribution in [0.1, 0.15) is 44.2 Å². The number of aromatic nitrogens is 3. The van der Waals surface area contributed by atoms with Crippen LogP contribution in [-0.4, -0.2) is 13.7 Å². The number of hydrogen-bond donors (Lipinski definition) is 0. The maximum absolute atomic E-state index is 2.61. The molecule has 0 fully saturated rings. The van der Waals surface area contributed by atoms with E-state index in [0.717, 1.165) is 12.8 Å². The number of rotatable bonds is 8. The predicted octanol–water partition coefficient (Wildman–Crippen LogP) is 14.8. The maximum atomic E-state index is 2.61. The van der Waals surface area contributed by atoms with Gasteiger partial charge in [0.25, 0.3) is 0 Å². The van der Waals surface area contributed by atoms with Crippen LogP contribution in [0.25, 0.3) is 87.9 Å². The molecule has 3 heteroatoms. The highest BCUT2D eigenvalue weighted by atomic mass is 15.0. The van der Waals surface area contributed by atoms with Crippen molar-refractivity contribution in [2.45, 2.75) is 38.6 Å². The van der Waals surface area contributed by atoms with Crippen molar-refractivity contribution in [3.8, 4) is 22.5 Å². The van der Waals surface area contributed by atoms with Crippen LogP contribution in [0, 0.1) is 0 Å². The van der Waals surface area contributed by atoms with Gasteiger partial charge in [0.2, 0.25) is 0 Å². The predicted molar refractivity (Wildman–Crippen MR) is 242 cm³/mol. The van der Waals surface area contributed by atoms with Crippen molar-refractivity contribution in [1.82, 2.24) is 13.7 Å². The van der Waals surface area contributed by atoms with Crippen molar-refractivity contribution in [2.75, 3.05) is 0 Å². The Kier molecular flexibility index (Phi) is 7.89. The summed E-state index contributed by atoms with van der Waals surface area (Å²) in [5.41, 5.74) is 13.7. The molecule has 0 radical (unpaired) electrons. The second kappa shape index (κ2) is 13.4. The SMILES string of the molecule is CCC(CC(C)c1ccc2c(c1)c1ccccc1n2-c1ccc(-c2ccc(-n3c4ccccc4c4ccccc43)cc2)cc1)n1c2ccccc2c2ccccc21. The Morgan fingerprint density at radius 1 is 0.386 bits per heavy atom. The molecule has 0 saturated carbocycles. The van der Waals surface area contributed by atoms with Gasteiger partial charge in [-0.2, -0.15) is 0 Å². The molecule has 2 unspecified atom stereocenters. The Morgan fingerprint density at radius 3 is 1.19 bits per heavy atom. The van der Waals surface area contributed by atoms with Crippen LogP contribution >= 0.6 is 0 Å². The highest BCUT2D eigenvalue weighted by molar-refractivity contribution is 6.11. The lowest BCUT2D eigenvalue weighted by Gasteiger charge is -2.24. The van der Waals surface area contributed by atoms with E-state index in [1.165, 1.54) is 93.5 Å². The molecule has 2 atom stereocenters. The number of nitrogens with zero attached hydrogens (tertiary/aromatic N) is 3. The van der Waals surface area contributed by atoms with Crippen LogP contribution in [0.5, 0.6) is 0 Å². The van der Waals surface area contributed by atoms with Crippen LogP contribution in [0.3, 0.4) is 0 Å². The molecule has 0 bridgehead atoms. The van der Waals surface area contributed by atoms with Gasteiger partial charge >= 0.3 is 0 Å². The van der Waals surface area contributed by atoms with Crippen molar-refractivity contribution < 1.29 is 0 Å².